The average Bonchev–Trinajstić information content (AvgIpc) is 2.85. The van der Waals surface area contributed by atoms with Crippen LogP contribution in [0.5, 0.6) is 0 Å². The normalized spacial score (nSPS) is 23.1. The SMILES string of the molecule is CC(C)N(C(=O)CCN1C(=O)C2CCCCC2C1=O)c1ccccc1. The largest absolute Gasteiger partial charge is 0.310 e. The maximum atomic E-state index is 12.7. The Morgan fingerprint density at radius 3 is 2.16 bits per heavy atom. The van der Waals surface area contributed by atoms with E-state index in [4.69, 9.17) is 0 Å². The number of nitrogens with zero attached hydrogens (tertiary/aromatic N) is 2. The van der Waals surface area contributed by atoms with Crippen molar-refractivity contribution in [1.82, 2.24) is 4.90 Å². The predicted octanol–water partition coefficient (Wildman–Crippen LogP) is 2.99. The zero-order valence-corrected chi connectivity index (χ0v) is 15.0. The number of imide groups is 1. The van der Waals surface area contributed by atoms with Gasteiger partial charge in [0.2, 0.25) is 17.7 Å². The lowest BCUT2D eigenvalue weighted by Crippen LogP contribution is -2.40. The molecule has 3 amide bonds. The van der Waals surface area contributed by atoms with Gasteiger partial charge in [-0.3, -0.25) is 19.3 Å². The van der Waals surface area contributed by atoms with Gasteiger partial charge in [-0.15, -0.1) is 0 Å². The Morgan fingerprint density at radius 1 is 1.08 bits per heavy atom. The van der Waals surface area contributed by atoms with Crippen molar-refractivity contribution in [2.24, 2.45) is 11.8 Å². The maximum absolute atomic E-state index is 12.7. The number of likely N-dealkylation sites (tertiary alicyclic amines) is 1. The molecular weight excluding hydrogens is 316 g/mol. The van der Waals surface area contributed by atoms with Crippen LogP contribution in [0.1, 0.15) is 46.0 Å². The number of hydrogen-bond acceptors (Lipinski definition) is 3. The van der Waals surface area contributed by atoms with E-state index in [0.29, 0.717) is 0 Å². The monoisotopic (exact) mass is 342 g/mol. The van der Waals surface area contributed by atoms with Crippen LogP contribution in [-0.4, -0.2) is 35.2 Å². The number of carbonyl (C=O) groups is 3. The first-order valence-corrected chi connectivity index (χ1v) is 9.23. The molecule has 134 valence electrons. The smallest absolute Gasteiger partial charge is 0.233 e. The molecule has 0 radical (unpaired) electrons. The van der Waals surface area contributed by atoms with Crippen molar-refractivity contribution >= 4 is 23.4 Å². The molecule has 1 saturated heterocycles. The molecule has 1 aliphatic carbocycles. The highest BCUT2D eigenvalue weighted by Gasteiger charge is 2.47. The Labute approximate surface area is 149 Å². The molecule has 2 aliphatic rings. The molecule has 1 heterocycles. The van der Waals surface area contributed by atoms with Crippen LogP contribution < -0.4 is 4.90 Å². The van der Waals surface area contributed by atoms with E-state index in [-0.39, 0.29) is 48.6 Å². The molecule has 2 unspecified atom stereocenters. The number of anilines is 1. The van der Waals surface area contributed by atoms with Crippen LogP contribution in [0.3, 0.4) is 0 Å². The molecule has 0 bridgehead atoms. The van der Waals surface area contributed by atoms with Gasteiger partial charge in [0.05, 0.1) is 11.8 Å². The number of para-hydroxylation sites is 1. The fourth-order valence-corrected chi connectivity index (χ4v) is 4.10. The van der Waals surface area contributed by atoms with Crippen LogP contribution in [0.2, 0.25) is 0 Å². The molecule has 2 fully saturated rings. The van der Waals surface area contributed by atoms with Gasteiger partial charge < -0.3 is 4.90 Å². The number of hydrogen-bond donors (Lipinski definition) is 0. The second kappa shape index (κ2) is 7.38. The van der Waals surface area contributed by atoms with Crippen molar-refractivity contribution in [1.29, 1.82) is 0 Å². The van der Waals surface area contributed by atoms with E-state index in [1.165, 1.54) is 4.90 Å². The van der Waals surface area contributed by atoms with Crippen molar-refractivity contribution in [3.05, 3.63) is 30.3 Å². The Balaban J connectivity index is 1.67. The van der Waals surface area contributed by atoms with Crippen molar-refractivity contribution in [3.63, 3.8) is 0 Å². The molecule has 1 saturated carbocycles. The van der Waals surface area contributed by atoms with Crippen LogP contribution in [0.4, 0.5) is 5.69 Å². The van der Waals surface area contributed by atoms with E-state index >= 15 is 0 Å². The summed E-state index contributed by atoms with van der Waals surface area (Å²) < 4.78 is 0. The highest BCUT2D eigenvalue weighted by Crippen LogP contribution is 2.38. The summed E-state index contributed by atoms with van der Waals surface area (Å²) in [5.74, 6) is -0.494. The standard InChI is InChI=1S/C20H26N2O3/c1-14(2)22(15-8-4-3-5-9-15)18(23)12-13-21-19(24)16-10-6-7-11-17(16)20(21)25/h3-5,8-9,14,16-17H,6-7,10-13H2,1-2H3. The minimum Gasteiger partial charge on any atom is -0.310 e. The summed E-state index contributed by atoms with van der Waals surface area (Å²) in [5, 5.41) is 0. The molecule has 2 atom stereocenters. The van der Waals surface area contributed by atoms with E-state index in [2.05, 4.69) is 0 Å². The number of amides is 3. The molecule has 0 N–H and O–H groups in total. The summed E-state index contributed by atoms with van der Waals surface area (Å²) in [6, 6.07) is 9.53. The molecule has 0 spiro atoms. The van der Waals surface area contributed by atoms with Crippen LogP contribution in [-0.2, 0) is 14.4 Å². The number of carbonyl (C=O) groups excluding carboxylic acids is 3. The second-order valence-electron chi connectivity index (χ2n) is 7.27. The van der Waals surface area contributed by atoms with Crippen molar-refractivity contribution in [2.75, 3.05) is 11.4 Å². The quantitative estimate of drug-likeness (QED) is 0.773. The Bertz CT molecular complexity index is 632. The molecule has 25 heavy (non-hydrogen) atoms. The van der Waals surface area contributed by atoms with E-state index in [1.54, 1.807) is 4.90 Å². The fourth-order valence-electron chi connectivity index (χ4n) is 4.10. The van der Waals surface area contributed by atoms with Crippen LogP contribution in [0.25, 0.3) is 0 Å². The van der Waals surface area contributed by atoms with E-state index < -0.39 is 0 Å². The first-order chi connectivity index (χ1) is 12.0. The van der Waals surface area contributed by atoms with Gasteiger partial charge in [-0.25, -0.2) is 0 Å². The predicted molar refractivity (Wildman–Crippen MR) is 95.8 cm³/mol. The third-order valence-electron chi connectivity index (χ3n) is 5.30. The third-order valence-corrected chi connectivity index (χ3v) is 5.30. The Hall–Kier alpha value is -2.17. The van der Waals surface area contributed by atoms with Gasteiger partial charge in [0.25, 0.3) is 0 Å². The molecular formula is C20H26N2O3. The summed E-state index contributed by atoms with van der Waals surface area (Å²) >= 11 is 0. The summed E-state index contributed by atoms with van der Waals surface area (Å²) in [7, 11) is 0. The zero-order valence-electron chi connectivity index (χ0n) is 15.0. The molecule has 3 rings (SSSR count). The molecule has 0 aromatic heterocycles. The van der Waals surface area contributed by atoms with Crippen molar-refractivity contribution in [2.45, 2.75) is 52.0 Å². The number of benzene rings is 1. The molecule has 5 heteroatoms. The summed E-state index contributed by atoms with van der Waals surface area (Å²) in [6.45, 7) is 4.12. The Kier molecular flexibility index (Phi) is 5.21. The minimum atomic E-state index is -0.147. The Morgan fingerprint density at radius 2 is 1.64 bits per heavy atom. The van der Waals surface area contributed by atoms with Gasteiger partial charge >= 0.3 is 0 Å². The number of fused-ring (bicyclic) bond motifs is 1. The van der Waals surface area contributed by atoms with Gasteiger partial charge in [-0.2, -0.15) is 0 Å². The molecule has 5 nitrogen and oxygen atoms in total. The van der Waals surface area contributed by atoms with Crippen molar-refractivity contribution in [3.8, 4) is 0 Å². The van der Waals surface area contributed by atoms with E-state index in [1.807, 2.05) is 44.2 Å². The highest BCUT2D eigenvalue weighted by atomic mass is 16.2. The zero-order chi connectivity index (χ0) is 18.0. The van der Waals surface area contributed by atoms with Crippen molar-refractivity contribution < 1.29 is 14.4 Å². The fraction of sp³-hybridized carbons (Fsp3) is 0.550. The topological polar surface area (TPSA) is 57.7 Å². The lowest BCUT2D eigenvalue weighted by molar-refractivity contribution is -0.140. The summed E-state index contributed by atoms with van der Waals surface area (Å²) in [5.41, 5.74) is 0.843. The van der Waals surface area contributed by atoms with Gasteiger partial charge in [0.1, 0.15) is 0 Å². The molecule has 1 aliphatic heterocycles. The van der Waals surface area contributed by atoms with Crippen LogP contribution >= 0.6 is 0 Å². The number of rotatable bonds is 5. The first kappa shape index (κ1) is 17.6. The molecule has 1 aromatic rings. The highest BCUT2D eigenvalue weighted by molar-refractivity contribution is 6.05. The van der Waals surface area contributed by atoms with Crippen LogP contribution in [0, 0.1) is 11.8 Å². The van der Waals surface area contributed by atoms with Gasteiger partial charge in [-0.05, 0) is 38.8 Å². The van der Waals surface area contributed by atoms with Gasteiger partial charge in [0.15, 0.2) is 0 Å². The van der Waals surface area contributed by atoms with Gasteiger partial charge in [-0.1, -0.05) is 31.0 Å². The third kappa shape index (κ3) is 3.46. The first-order valence-electron chi connectivity index (χ1n) is 9.23. The summed E-state index contributed by atoms with van der Waals surface area (Å²) in [4.78, 5) is 40.8. The van der Waals surface area contributed by atoms with E-state index in [0.717, 1.165) is 31.4 Å². The van der Waals surface area contributed by atoms with Crippen LogP contribution in [0.15, 0.2) is 30.3 Å². The van der Waals surface area contributed by atoms with E-state index in [9.17, 15) is 14.4 Å². The maximum Gasteiger partial charge on any atom is 0.233 e. The molecule has 1 aromatic carbocycles. The lowest BCUT2D eigenvalue weighted by atomic mass is 9.81. The second-order valence-corrected chi connectivity index (χ2v) is 7.27. The van der Waals surface area contributed by atoms with Gasteiger partial charge in [0, 0.05) is 24.7 Å². The summed E-state index contributed by atoms with van der Waals surface area (Å²) in [6.07, 6.45) is 3.82. The lowest BCUT2D eigenvalue weighted by Gasteiger charge is -2.27. The minimum absolute atomic E-state index is 0.0162. The average molecular weight is 342 g/mol.